The number of nitrogens with one attached hydrogen (secondary N) is 1. The van der Waals surface area contributed by atoms with Crippen molar-refractivity contribution in [2.24, 2.45) is 0 Å². The molecule has 1 aromatic rings. The van der Waals surface area contributed by atoms with Gasteiger partial charge in [-0.1, -0.05) is 0 Å². The molecule has 1 amide bonds. The maximum absolute atomic E-state index is 11.6. The molecule has 1 saturated heterocycles. The third-order valence-electron chi connectivity index (χ3n) is 2.36. The molecule has 3 N–H and O–H groups in total. The first-order valence-corrected chi connectivity index (χ1v) is 5.82. The second kappa shape index (κ2) is 4.63. The van der Waals surface area contributed by atoms with E-state index in [2.05, 4.69) is 5.32 Å². The van der Waals surface area contributed by atoms with Crippen LogP contribution in [0.3, 0.4) is 0 Å². The van der Waals surface area contributed by atoms with E-state index in [1.807, 2.05) is 0 Å². The second-order valence-electron chi connectivity index (χ2n) is 3.55. The van der Waals surface area contributed by atoms with Gasteiger partial charge >= 0.3 is 0 Å². The molecule has 1 aromatic heterocycles. The van der Waals surface area contributed by atoms with Crippen LogP contribution in [0, 0.1) is 0 Å². The summed E-state index contributed by atoms with van der Waals surface area (Å²) in [5.74, 6) is -0.0628. The minimum absolute atomic E-state index is 0.0628. The van der Waals surface area contributed by atoms with E-state index < -0.39 is 0 Å². The number of anilines is 1. The summed E-state index contributed by atoms with van der Waals surface area (Å²) in [6, 6.07) is 3.48. The van der Waals surface area contributed by atoms with Gasteiger partial charge in [0.2, 0.25) is 0 Å². The smallest absolute Gasteiger partial charge is 0.261 e. The normalized spacial score (nSPS) is 20.4. The molecule has 1 aliphatic heterocycles. The number of thiophene rings is 1. The lowest BCUT2D eigenvalue weighted by Crippen LogP contribution is -2.31. The number of carbonyl (C=O) groups excluding carboxylic acids is 1. The fourth-order valence-corrected chi connectivity index (χ4v) is 2.26. The van der Waals surface area contributed by atoms with E-state index in [1.165, 1.54) is 11.3 Å². The van der Waals surface area contributed by atoms with Gasteiger partial charge in [-0.2, -0.15) is 0 Å². The zero-order valence-electron chi connectivity index (χ0n) is 8.36. The number of ether oxygens (including phenoxy) is 1. The Hall–Kier alpha value is -1.07. The monoisotopic (exact) mass is 226 g/mol. The van der Waals surface area contributed by atoms with Gasteiger partial charge < -0.3 is 15.8 Å². The van der Waals surface area contributed by atoms with E-state index in [9.17, 15) is 4.79 Å². The standard InChI is InChI=1S/C10H14N2O2S/c11-9-4-3-8(15-9)10(13)12-6-7-2-1-5-14-7/h3-4,7H,1-2,5-6,11H2,(H,12,13). The Morgan fingerprint density at radius 1 is 1.67 bits per heavy atom. The highest BCUT2D eigenvalue weighted by Gasteiger charge is 2.17. The molecule has 0 radical (unpaired) electrons. The molecule has 1 unspecified atom stereocenters. The van der Waals surface area contributed by atoms with Crippen molar-refractivity contribution in [1.29, 1.82) is 0 Å². The van der Waals surface area contributed by atoms with Crippen LogP contribution < -0.4 is 11.1 Å². The fraction of sp³-hybridized carbons (Fsp3) is 0.500. The topological polar surface area (TPSA) is 64.4 Å². The zero-order valence-corrected chi connectivity index (χ0v) is 9.18. The number of hydrogen-bond acceptors (Lipinski definition) is 4. The largest absolute Gasteiger partial charge is 0.391 e. The highest BCUT2D eigenvalue weighted by atomic mass is 32.1. The molecule has 82 valence electrons. The average molecular weight is 226 g/mol. The molecule has 1 aliphatic rings. The fourth-order valence-electron chi connectivity index (χ4n) is 1.57. The Bertz CT molecular complexity index is 345. The van der Waals surface area contributed by atoms with Crippen LogP contribution in [0.15, 0.2) is 12.1 Å². The zero-order chi connectivity index (χ0) is 10.7. The average Bonchev–Trinajstić information content (AvgIpc) is 2.84. The Morgan fingerprint density at radius 2 is 2.53 bits per heavy atom. The van der Waals surface area contributed by atoms with Crippen molar-refractivity contribution in [2.75, 3.05) is 18.9 Å². The molecule has 0 bridgehead atoms. The van der Waals surface area contributed by atoms with E-state index in [0.717, 1.165) is 19.4 Å². The lowest BCUT2D eigenvalue weighted by molar-refractivity contribution is 0.0861. The Morgan fingerprint density at radius 3 is 3.13 bits per heavy atom. The minimum Gasteiger partial charge on any atom is -0.391 e. The van der Waals surface area contributed by atoms with Gasteiger partial charge in [0.05, 0.1) is 16.0 Å². The van der Waals surface area contributed by atoms with Gasteiger partial charge in [-0.3, -0.25) is 4.79 Å². The lowest BCUT2D eigenvalue weighted by atomic mass is 10.2. The van der Waals surface area contributed by atoms with Gasteiger partial charge in [0.15, 0.2) is 0 Å². The molecule has 2 heterocycles. The Labute approximate surface area is 92.4 Å². The van der Waals surface area contributed by atoms with Crippen molar-refractivity contribution >= 4 is 22.2 Å². The third kappa shape index (κ3) is 2.70. The van der Waals surface area contributed by atoms with Crippen LogP contribution in [-0.4, -0.2) is 25.2 Å². The molecule has 15 heavy (non-hydrogen) atoms. The minimum atomic E-state index is -0.0628. The molecule has 2 rings (SSSR count). The van der Waals surface area contributed by atoms with E-state index >= 15 is 0 Å². The van der Waals surface area contributed by atoms with E-state index in [-0.39, 0.29) is 12.0 Å². The summed E-state index contributed by atoms with van der Waals surface area (Å²) in [5.41, 5.74) is 5.55. The van der Waals surface area contributed by atoms with Crippen molar-refractivity contribution in [3.63, 3.8) is 0 Å². The first kappa shape index (κ1) is 10.4. The molecule has 5 heteroatoms. The Kier molecular flexibility index (Phi) is 3.23. The SMILES string of the molecule is Nc1ccc(C(=O)NCC2CCCO2)s1. The third-order valence-corrected chi connectivity index (χ3v) is 3.28. The quantitative estimate of drug-likeness (QED) is 0.815. The number of amides is 1. The number of nitrogens with two attached hydrogens (primary N) is 1. The van der Waals surface area contributed by atoms with Crippen molar-refractivity contribution in [2.45, 2.75) is 18.9 Å². The second-order valence-corrected chi connectivity index (χ2v) is 4.66. The molecule has 4 nitrogen and oxygen atoms in total. The number of carbonyl (C=O) groups is 1. The summed E-state index contributed by atoms with van der Waals surface area (Å²) in [6.45, 7) is 1.41. The predicted octanol–water partition coefficient (Wildman–Crippen LogP) is 1.24. The molecule has 1 fully saturated rings. The van der Waals surface area contributed by atoms with Gasteiger partial charge in [0.1, 0.15) is 0 Å². The summed E-state index contributed by atoms with van der Waals surface area (Å²) in [4.78, 5) is 12.3. The van der Waals surface area contributed by atoms with Gasteiger partial charge in [0.25, 0.3) is 5.91 Å². The summed E-state index contributed by atoms with van der Waals surface area (Å²) in [7, 11) is 0. The summed E-state index contributed by atoms with van der Waals surface area (Å²) < 4.78 is 5.41. The van der Waals surface area contributed by atoms with Crippen molar-refractivity contribution in [1.82, 2.24) is 5.32 Å². The van der Waals surface area contributed by atoms with Crippen LogP contribution in [-0.2, 0) is 4.74 Å². The van der Waals surface area contributed by atoms with Gasteiger partial charge in [-0.25, -0.2) is 0 Å². The van der Waals surface area contributed by atoms with Gasteiger partial charge in [-0.15, -0.1) is 11.3 Å². The van der Waals surface area contributed by atoms with Crippen LogP contribution in [0.1, 0.15) is 22.5 Å². The maximum atomic E-state index is 11.6. The lowest BCUT2D eigenvalue weighted by Gasteiger charge is -2.09. The van der Waals surface area contributed by atoms with E-state index in [1.54, 1.807) is 12.1 Å². The van der Waals surface area contributed by atoms with Crippen molar-refractivity contribution < 1.29 is 9.53 Å². The first-order valence-electron chi connectivity index (χ1n) is 5.01. The van der Waals surface area contributed by atoms with E-state index in [4.69, 9.17) is 10.5 Å². The molecular formula is C10H14N2O2S. The van der Waals surface area contributed by atoms with Crippen LogP contribution in [0.25, 0.3) is 0 Å². The molecule has 0 aliphatic carbocycles. The van der Waals surface area contributed by atoms with Crippen molar-refractivity contribution in [3.05, 3.63) is 17.0 Å². The predicted molar refractivity (Wildman–Crippen MR) is 60.0 cm³/mol. The molecule has 1 atom stereocenters. The Balaban J connectivity index is 1.81. The number of hydrogen-bond donors (Lipinski definition) is 2. The van der Waals surface area contributed by atoms with Crippen molar-refractivity contribution in [3.8, 4) is 0 Å². The molecule has 0 saturated carbocycles. The summed E-state index contributed by atoms with van der Waals surface area (Å²) in [6.07, 6.45) is 2.31. The number of rotatable bonds is 3. The van der Waals surface area contributed by atoms with Gasteiger partial charge in [0, 0.05) is 13.2 Å². The molecule has 0 spiro atoms. The van der Waals surface area contributed by atoms with Crippen LogP contribution in [0.4, 0.5) is 5.00 Å². The highest BCUT2D eigenvalue weighted by molar-refractivity contribution is 7.17. The van der Waals surface area contributed by atoms with Crippen LogP contribution in [0.5, 0.6) is 0 Å². The maximum Gasteiger partial charge on any atom is 0.261 e. The summed E-state index contributed by atoms with van der Waals surface area (Å²) >= 11 is 1.30. The molecule has 0 aromatic carbocycles. The first-order chi connectivity index (χ1) is 7.25. The summed E-state index contributed by atoms with van der Waals surface area (Å²) in [5, 5.41) is 3.51. The van der Waals surface area contributed by atoms with Gasteiger partial charge in [-0.05, 0) is 25.0 Å². The molecular weight excluding hydrogens is 212 g/mol. The van der Waals surface area contributed by atoms with Crippen LogP contribution in [0.2, 0.25) is 0 Å². The van der Waals surface area contributed by atoms with E-state index in [0.29, 0.717) is 16.4 Å². The number of nitrogen functional groups attached to an aromatic ring is 1. The highest BCUT2D eigenvalue weighted by Crippen LogP contribution is 2.18. The van der Waals surface area contributed by atoms with Crippen LogP contribution >= 0.6 is 11.3 Å².